The molecule has 92 valence electrons. The zero-order chi connectivity index (χ0) is 12.1. The molecule has 0 saturated carbocycles. The Kier molecular flexibility index (Phi) is 5.38. The number of aryl methyl sites for hydroxylation is 1. The third kappa shape index (κ3) is 3.54. The van der Waals surface area contributed by atoms with Gasteiger partial charge in [0.2, 0.25) is 0 Å². The molecule has 3 nitrogen and oxygen atoms in total. The summed E-state index contributed by atoms with van der Waals surface area (Å²) in [7, 11) is 2.15. The third-order valence-electron chi connectivity index (χ3n) is 2.85. The second-order valence-corrected chi connectivity index (χ2v) is 5.13. The van der Waals surface area contributed by atoms with Crippen LogP contribution in [0.1, 0.15) is 24.0 Å². The van der Waals surface area contributed by atoms with Gasteiger partial charge in [0.05, 0.1) is 6.54 Å². The van der Waals surface area contributed by atoms with Crippen molar-refractivity contribution >= 4 is 11.8 Å². The summed E-state index contributed by atoms with van der Waals surface area (Å²) in [6, 6.07) is 2.64. The van der Waals surface area contributed by atoms with E-state index in [0.29, 0.717) is 12.6 Å². The van der Waals surface area contributed by atoms with Crippen molar-refractivity contribution in [1.29, 1.82) is 0 Å². The predicted molar refractivity (Wildman–Crippen MR) is 70.6 cm³/mol. The Morgan fingerprint density at radius 2 is 2.25 bits per heavy atom. The van der Waals surface area contributed by atoms with Crippen LogP contribution in [0.15, 0.2) is 10.5 Å². The highest BCUT2D eigenvalue weighted by molar-refractivity contribution is 7.98. The molecule has 0 aliphatic carbocycles. The van der Waals surface area contributed by atoms with Gasteiger partial charge in [-0.05, 0) is 33.2 Å². The van der Waals surface area contributed by atoms with Crippen molar-refractivity contribution in [1.82, 2.24) is 4.90 Å². The van der Waals surface area contributed by atoms with Gasteiger partial charge in [-0.1, -0.05) is 0 Å². The van der Waals surface area contributed by atoms with Crippen molar-refractivity contribution in [3.05, 3.63) is 23.2 Å². The number of nitrogens with two attached hydrogens (primary N) is 1. The quantitative estimate of drug-likeness (QED) is 0.830. The van der Waals surface area contributed by atoms with Gasteiger partial charge in [0.1, 0.15) is 11.5 Å². The van der Waals surface area contributed by atoms with Gasteiger partial charge in [0, 0.05) is 23.9 Å². The molecule has 0 saturated heterocycles. The number of hydrogen-bond donors (Lipinski definition) is 1. The molecule has 0 aliphatic heterocycles. The Morgan fingerprint density at radius 3 is 2.75 bits per heavy atom. The van der Waals surface area contributed by atoms with E-state index in [9.17, 15) is 0 Å². The molecule has 1 rings (SSSR count). The van der Waals surface area contributed by atoms with Crippen LogP contribution in [0, 0.1) is 6.92 Å². The van der Waals surface area contributed by atoms with Crippen LogP contribution in [0.5, 0.6) is 0 Å². The lowest BCUT2D eigenvalue weighted by Crippen LogP contribution is -2.30. The maximum Gasteiger partial charge on any atom is 0.118 e. The molecule has 1 aromatic heterocycles. The molecule has 1 aromatic rings. The summed E-state index contributed by atoms with van der Waals surface area (Å²) in [6.45, 7) is 5.65. The average Bonchev–Trinajstić information content (AvgIpc) is 2.60. The summed E-state index contributed by atoms with van der Waals surface area (Å²) in [5, 5.41) is 0. The number of hydrogen-bond acceptors (Lipinski definition) is 4. The molecule has 0 fully saturated rings. The van der Waals surface area contributed by atoms with Gasteiger partial charge >= 0.3 is 0 Å². The van der Waals surface area contributed by atoms with Crippen molar-refractivity contribution < 1.29 is 4.42 Å². The van der Waals surface area contributed by atoms with Gasteiger partial charge in [-0.25, -0.2) is 0 Å². The highest BCUT2D eigenvalue weighted by Crippen LogP contribution is 2.17. The number of rotatable bonds is 6. The van der Waals surface area contributed by atoms with E-state index in [-0.39, 0.29) is 0 Å². The number of thioether (sulfide) groups is 1. The largest absolute Gasteiger partial charge is 0.465 e. The van der Waals surface area contributed by atoms with E-state index in [1.54, 1.807) is 0 Å². The fourth-order valence-electron chi connectivity index (χ4n) is 1.64. The summed E-state index contributed by atoms with van der Waals surface area (Å²) >= 11 is 1.88. The van der Waals surface area contributed by atoms with Gasteiger partial charge < -0.3 is 10.2 Å². The minimum absolute atomic E-state index is 0.477. The predicted octanol–water partition coefficient (Wildman–Crippen LogP) is 2.23. The fraction of sp³-hybridized carbons (Fsp3) is 0.667. The van der Waals surface area contributed by atoms with Crippen LogP contribution >= 0.6 is 11.8 Å². The molecule has 0 aliphatic rings. The first kappa shape index (κ1) is 13.6. The Labute approximate surface area is 102 Å². The molecular weight excluding hydrogens is 220 g/mol. The van der Waals surface area contributed by atoms with Crippen molar-refractivity contribution in [3.63, 3.8) is 0 Å². The lowest BCUT2D eigenvalue weighted by molar-refractivity contribution is 0.268. The van der Waals surface area contributed by atoms with Gasteiger partial charge in [0.15, 0.2) is 0 Å². The zero-order valence-corrected chi connectivity index (χ0v) is 11.4. The van der Waals surface area contributed by atoms with E-state index < -0.39 is 0 Å². The van der Waals surface area contributed by atoms with Crippen LogP contribution in [0.25, 0.3) is 0 Å². The maximum atomic E-state index is 5.56. The van der Waals surface area contributed by atoms with Gasteiger partial charge in [-0.2, -0.15) is 11.8 Å². The lowest BCUT2D eigenvalue weighted by atomic mass is 10.2. The van der Waals surface area contributed by atoms with E-state index in [1.807, 2.05) is 18.7 Å². The molecule has 1 unspecified atom stereocenters. The topological polar surface area (TPSA) is 42.4 Å². The van der Waals surface area contributed by atoms with E-state index >= 15 is 0 Å². The van der Waals surface area contributed by atoms with Crippen molar-refractivity contribution in [2.24, 2.45) is 5.73 Å². The summed E-state index contributed by atoms with van der Waals surface area (Å²) < 4.78 is 5.55. The SMILES string of the molecule is CSCC(C)N(C)Cc1cc(CN)oc1C. The van der Waals surface area contributed by atoms with E-state index in [4.69, 9.17) is 10.2 Å². The second kappa shape index (κ2) is 6.33. The van der Waals surface area contributed by atoms with Gasteiger partial charge in [-0.15, -0.1) is 0 Å². The first-order valence-electron chi connectivity index (χ1n) is 5.56. The molecule has 1 heterocycles. The molecule has 0 radical (unpaired) electrons. The summed E-state index contributed by atoms with van der Waals surface area (Å²) in [5.74, 6) is 3.01. The molecule has 0 aromatic carbocycles. The molecule has 4 heteroatoms. The molecule has 16 heavy (non-hydrogen) atoms. The summed E-state index contributed by atoms with van der Waals surface area (Å²) in [6.07, 6.45) is 2.14. The minimum atomic E-state index is 0.477. The van der Waals surface area contributed by atoms with Crippen LogP contribution in [0.4, 0.5) is 0 Å². The van der Waals surface area contributed by atoms with Crippen LogP contribution in [-0.4, -0.2) is 30.0 Å². The van der Waals surface area contributed by atoms with Crippen molar-refractivity contribution in [3.8, 4) is 0 Å². The summed E-state index contributed by atoms with van der Waals surface area (Å²) in [4.78, 5) is 2.34. The third-order valence-corrected chi connectivity index (χ3v) is 3.67. The summed E-state index contributed by atoms with van der Waals surface area (Å²) in [5.41, 5.74) is 6.81. The van der Waals surface area contributed by atoms with Crippen molar-refractivity contribution in [2.75, 3.05) is 19.1 Å². The highest BCUT2D eigenvalue weighted by atomic mass is 32.2. The van der Waals surface area contributed by atoms with Gasteiger partial charge in [0.25, 0.3) is 0 Å². The fourth-order valence-corrected chi connectivity index (χ4v) is 2.38. The lowest BCUT2D eigenvalue weighted by Gasteiger charge is -2.23. The number of nitrogens with zero attached hydrogens (tertiary/aromatic N) is 1. The monoisotopic (exact) mass is 242 g/mol. The average molecular weight is 242 g/mol. The number of furan rings is 1. The highest BCUT2D eigenvalue weighted by Gasteiger charge is 2.13. The zero-order valence-electron chi connectivity index (χ0n) is 10.6. The standard InChI is InChI=1S/C12H22N2OS/c1-9(8-16-4)14(3)7-11-5-12(6-13)15-10(11)2/h5,9H,6-8,13H2,1-4H3. The molecule has 2 N–H and O–H groups in total. The molecule has 0 bridgehead atoms. The molecule has 0 amide bonds. The van der Waals surface area contributed by atoms with Crippen LogP contribution < -0.4 is 5.73 Å². The van der Waals surface area contributed by atoms with E-state index in [2.05, 4.69) is 31.2 Å². The van der Waals surface area contributed by atoms with E-state index in [1.165, 1.54) is 5.56 Å². The smallest absolute Gasteiger partial charge is 0.118 e. The molecule has 0 spiro atoms. The Balaban J connectivity index is 2.61. The Bertz CT molecular complexity index is 325. The van der Waals surface area contributed by atoms with Crippen LogP contribution in [0.3, 0.4) is 0 Å². The normalized spacial score (nSPS) is 13.4. The van der Waals surface area contributed by atoms with E-state index in [0.717, 1.165) is 23.8 Å². The first-order chi connectivity index (χ1) is 7.58. The minimum Gasteiger partial charge on any atom is -0.465 e. The molecule has 1 atom stereocenters. The molecular formula is C12H22N2OS. The van der Waals surface area contributed by atoms with Gasteiger partial charge in [-0.3, -0.25) is 4.90 Å². The van der Waals surface area contributed by atoms with Crippen molar-refractivity contribution in [2.45, 2.75) is 33.0 Å². The van der Waals surface area contributed by atoms with Crippen LogP contribution in [-0.2, 0) is 13.1 Å². The van der Waals surface area contributed by atoms with Crippen LogP contribution in [0.2, 0.25) is 0 Å². The first-order valence-corrected chi connectivity index (χ1v) is 6.95. The second-order valence-electron chi connectivity index (χ2n) is 4.22. The Hall–Kier alpha value is -0.450. The maximum absolute atomic E-state index is 5.56. The Morgan fingerprint density at radius 1 is 1.56 bits per heavy atom.